The van der Waals surface area contributed by atoms with Crippen molar-refractivity contribution in [3.63, 3.8) is 0 Å². The Bertz CT molecular complexity index is 1240. The van der Waals surface area contributed by atoms with Crippen LogP contribution in [0.25, 0.3) is 0 Å². The van der Waals surface area contributed by atoms with Crippen LogP contribution in [0.5, 0.6) is 0 Å². The van der Waals surface area contributed by atoms with Gasteiger partial charge < -0.3 is 10.2 Å². The molecule has 0 saturated heterocycles. The molecule has 12 heteroatoms. The summed E-state index contributed by atoms with van der Waals surface area (Å²) in [5, 5.41) is 3.68. The molecule has 1 fully saturated rings. The van der Waals surface area contributed by atoms with Crippen molar-refractivity contribution in [3.05, 3.63) is 63.9 Å². The molecule has 0 aliphatic heterocycles. The van der Waals surface area contributed by atoms with E-state index in [9.17, 15) is 22.4 Å². The highest BCUT2D eigenvalue weighted by Crippen LogP contribution is 2.26. The van der Waals surface area contributed by atoms with E-state index in [1.54, 1.807) is 19.1 Å². The lowest BCUT2D eigenvalue weighted by Gasteiger charge is -2.33. The molecule has 1 aliphatic carbocycles. The molecule has 1 atom stereocenters. The summed E-state index contributed by atoms with van der Waals surface area (Å²) in [7, 11) is -1.68. The summed E-state index contributed by atoms with van der Waals surface area (Å²) in [6.45, 7) is 0.759. The smallest absolute Gasteiger partial charge is 0.304 e. The molecule has 37 heavy (non-hydrogen) atoms. The van der Waals surface area contributed by atoms with Gasteiger partial charge in [-0.15, -0.1) is 0 Å². The Hall–Kier alpha value is -2.40. The summed E-state index contributed by atoms with van der Waals surface area (Å²) < 4.78 is 42.5. The van der Waals surface area contributed by atoms with Gasteiger partial charge in [0.15, 0.2) is 0 Å². The Labute approximate surface area is 227 Å². The van der Waals surface area contributed by atoms with Gasteiger partial charge in [0.25, 0.3) is 0 Å². The molecule has 1 aliphatic rings. The Morgan fingerprint density at radius 3 is 2.35 bits per heavy atom. The number of carbonyl (C=O) groups is 2. The first-order valence-electron chi connectivity index (χ1n) is 11.9. The molecule has 2 aromatic carbocycles. The first kappa shape index (κ1) is 29.2. The van der Waals surface area contributed by atoms with E-state index in [2.05, 4.69) is 5.32 Å². The van der Waals surface area contributed by atoms with Gasteiger partial charge in [0.1, 0.15) is 18.4 Å². The second kappa shape index (κ2) is 12.4. The molecule has 8 nitrogen and oxygen atoms in total. The van der Waals surface area contributed by atoms with Gasteiger partial charge in [-0.3, -0.25) is 9.59 Å². The minimum Gasteiger partial charge on any atom is -0.352 e. The fourth-order valence-corrected chi connectivity index (χ4v) is 5.70. The molecule has 2 amide bonds. The highest BCUT2D eigenvalue weighted by atomic mass is 35.5. The fraction of sp³-hybridized carbons (Fsp3) is 0.440. The maximum absolute atomic E-state index is 14.7. The first-order chi connectivity index (χ1) is 17.4. The summed E-state index contributed by atoms with van der Waals surface area (Å²) in [4.78, 5) is 28.1. The normalized spacial score (nSPS) is 15.0. The summed E-state index contributed by atoms with van der Waals surface area (Å²) in [6.07, 6.45) is 3.75. The van der Waals surface area contributed by atoms with Crippen molar-refractivity contribution in [2.24, 2.45) is 0 Å². The molecule has 3 rings (SSSR count). The van der Waals surface area contributed by atoms with Gasteiger partial charge in [-0.1, -0.05) is 54.2 Å². The number of hydrogen-bond donors (Lipinski definition) is 1. The van der Waals surface area contributed by atoms with Crippen LogP contribution in [0.1, 0.15) is 38.2 Å². The van der Waals surface area contributed by atoms with Gasteiger partial charge >= 0.3 is 10.2 Å². The Balaban J connectivity index is 1.96. The quantitative estimate of drug-likeness (QED) is 0.461. The van der Waals surface area contributed by atoms with Gasteiger partial charge in [-0.2, -0.15) is 12.7 Å². The number of para-hydroxylation sites is 1. The van der Waals surface area contributed by atoms with Crippen LogP contribution in [0.4, 0.5) is 10.1 Å². The largest absolute Gasteiger partial charge is 0.352 e. The molecular weight excluding hydrogens is 542 g/mol. The van der Waals surface area contributed by atoms with E-state index in [0.717, 1.165) is 36.1 Å². The van der Waals surface area contributed by atoms with Crippen molar-refractivity contribution in [2.75, 3.05) is 24.9 Å². The molecule has 0 unspecified atom stereocenters. The van der Waals surface area contributed by atoms with E-state index < -0.39 is 34.5 Å². The SMILES string of the molecule is C[C@H](C(=O)NC1CCCC1)N(Cc1ccc(Cl)cc1Cl)C(=O)CN(c1ccccc1F)S(=O)(=O)N(C)C. The number of halogens is 3. The maximum atomic E-state index is 14.7. The van der Waals surface area contributed by atoms with Crippen LogP contribution < -0.4 is 9.62 Å². The van der Waals surface area contributed by atoms with Crippen LogP contribution >= 0.6 is 23.2 Å². The molecule has 0 aromatic heterocycles. The summed E-state index contributed by atoms with van der Waals surface area (Å²) in [5.74, 6) is -1.87. The molecule has 202 valence electrons. The predicted octanol–water partition coefficient (Wildman–Crippen LogP) is 4.22. The Morgan fingerprint density at radius 1 is 1.11 bits per heavy atom. The minimum atomic E-state index is -4.26. The molecule has 0 radical (unpaired) electrons. The minimum absolute atomic E-state index is 0.0232. The van der Waals surface area contributed by atoms with E-state index >= 15 is 0 Å². The molecular formula is C25H31Cl2FN4O4S. The number of nitrogens with one attached hydrogen (secondary N) is 1. The summed E-state index contributed by atoms with van der Waals surface area (Å²) in [6, 6.07) is 9.12. The lowest BCUT2D eigenvalue weighted by atomic mass is 10.1. The van der Waals surface area contributed by atoms with Gasteiger partial charge in [-0.25, -0.2) is 8.70 Å². The lowest BCUT2D eigenvalue weighted by molar-refractivity contribution is -0.139. The summed E-state index contributed by atoms with van der Waals surface area (Å²) >= 11 is 12.4. The van der Waals surface area contributed by atoms with Crippen LogP contribution in [0.2, 0.25) is 10.0 Å². The Morgan fingerprint density at radius 2 is 1.76 bits per heavy atom. The highest BCUT2D eigenvalue weighted by molar-refractivity contribution is 7.90. The van der Waals surface area contributed by atoms with Gasteiger partial charge in [0.2, 0.25) is 11.8 Å². The number of benzene rings is 2. The monoisotopic (exact) mass is 572 g/mol. The topological polar surface area (TPSA) is 90.0 Å². The average Bonchev–Trinajstić information content (AvgIpc) is 3.35. The molecule has 1 N–H and O–H groups in total. The number of amides is 2. The maximum Gasteiger partial charge on any atom is 0.304 e. The van der Waals surface area contributed by atoms with Crippen LogP contribution in [-0.2, 0) is 26.3 Å². The van der Waals surface area contributed by atoms with Crippen molar-refractivity contribution in [3.8, 4) is 0 Å². The standard InChI is InChI=1S/C25H31Cl2FN4O4S/c1-17(25(34)29-20-8-4-5-9-20)31(15-18-12-13-19(26)14-21(18)27)24(33)16-32(37(35,36)30(2)3)23-11-7-6-10-22(23)28/h6-7,10-14,17,20H,4-5,8-9,15-16H2,1-3H3,(H,29,34)/t17-/m1/s1. The fourth-order valence-electron chi connectivity index (χ4n) is 4.16. The van der Waals surface area contributed by atoms with Crippen molar-refractivity contribution < 1.29 is 22.4 Å². The van der Waals surface area contributed by atoms with Crippen LogP contribution in [0.15, 0.2) is 42.5 Å². The first-order valence-corrected chi connectivity index (χ1v) is 14.1. The zero-order valence-electron chi connectivity index (χ0n) is 21.0. The number of nitrogens with zero attached hydrogens (tertiary/aromatic N) is 3. The highest BCUT2D eigenvalue weighted by Gasteiger charge is 2.34. The lowest BCUT2D eigenvalue weighted by Crippen LogP contribution is -2.53. The summed E-state index contributed by atoms with van der Waals surface area (Å²) in [5.41, 5.74) is 0.241. The number of carbonyl (C=O) groups excluding carboxylic acids is 2. The van der Waals surface area contributed by atoms with Crippen LogP contribution in [-0.4, -0.2) is 62.2 Å². The second-order valence-corrected chi connectivity index (χ2v) is 12.1. The molecule has 0 heterocycles. The molecule has 0 spiro atoms. The molecule has 2 aromatic rings. The van der Waals surface area contributed by atoms with Crippen molar-refractivity contribution in [1.29, 1.82) is 0 Å². The van der Waals surface area contributed by atoms with Crippen molar-refractivity contribution in [2.45, 2.75) is 51.2 Å². The average molecular weight is 574 g/mol. The van der Waals surface area contributed by atoms with Gasteiger partial charge in [0.05, 0.1) is 5.69 Å². The van der Waals surface area contributed by atoms with Crippen LogP contribution in [0, 0.1) is 5.82 Å². The van der Waals surface area contributed by atoms with Gasteiger partial charge in [0, 0.05) is 36.7 Å². The second-order valence-electron chi connectivity index (χ2n) is 9.17. The third-order valence-corrected chi connectivity index (χ3v) is 8.76. The molecule has 1 saturated carbocycles. The zero-order valence-corrected chi connectivity index (χ0v) is 23.3. The van der Waals surface area contributed by atoms with E-state index in [0.29, 0.717) is 19.9 Å². The van der Waals surface area contributed by atoms with E-state index in [-0.39, 0.29) is 24.2 Å². The van der Waals surface area contributed by atoms with E-state index in [1.165, 1.54) is 43.3 Å². The van der Waals surface area contributed by atoms with E-state index in [1.807, 2.05) is 0 Å². The van der Waals surface area contributed by atoms with Crippen molar-refractivity contribution in [1.82, 2.24) is 14.5 Å². The molecule has 0 bridgehead atoms. The third kappa shape index (κ3) is 7.13. The zero-order chi connectivity index (χ0) is 27.3. The van der Waals surface area contributed by atoms with Crippen molar-refractivity contribution >= 4 is 50.9 Å². The third-order valence-electron chi connectivity index (χ3n) is 6.36. The number of rotatable bonds is 10. The van der Waals surface area contributed by atoms with Crippen LogP contribution in [0.3, 0.4) is 0 Å². The van der Waals surface area contributed by atoms with E-state index in [4.69, 9.17) is 23.2 Å². The van der Waals surface area contributed by atoms with Gasteiger partial charge in [-0.05, 0) is 49.6 Å². The predicted molar refractivity (Wildman–Crippen MR) is 143 cm³/mol. The number of hydrogen-bond acceptors (Lipinski definition) is 4. The Kier molecular flexibility index (Phi) is 9.80. The number of anilines is 1.